The van der Waals surface area contributed by atoms with Crippen molar-refractivity contribution in [1.29, 1.82) is 0 Å². The molecule has 2 heterocycles. The first-order valence-electron chi connectivity index (χ1n) is 16.5. The van der Waals surface area contributed by atoms with E-state index in [2.05, 4.69) is 149 Å². The van der Waals surface area contributed by atoms with Gasteiger partial charge < -0.3 is 13.7 Å². The van der Waals surface area contributed by atoms with Crippen LogP contribution in [0.25, 0.3) is 66.4 Å². The van der Waals surface area contributed by atoms with Crippen LogP contribution in [0, 0.1) is 0 Å². The highest BCUT2D eigenvalue weighted by Crippen LogP contribution is 2.44. The zero-order valence-corrected chi connectivity index (χ0v) is 27.1. The van der Waals surface area contributed by atoms with E-state index in [1.165, 1.54) is 33.4 Å². The Morgan fingerprint density at radius 1 is 0.511 bits per heavy atom. The van der Waals surface area contributed by atoms with Crippen LogP contribution in [0.5, 0.6) is 0 Å². The third-order valence-corrected chi connectivity index (χ3v) is 10.6. The molecule has 0 bridgehead atoms. The number of hydrogen-bond acceptors (Lipinski definition) is 3. The van der Waals surface area contributed by atoms with Crippen molar-refractivity contribution in [2.24, 2.45) is 0 Å². The van der Waals surface area contributed by atoms with Gasteiger partial charge in [-0.15, -0.1) is 0 Å². The number of hydrogen-bond donors (Lipinski definition) is 0. The normalized spacial score (nSPS) is 16.1. The fourth-order valence-electron chi connectivity index (χ4n) is 7.35. The van der Waals surface area contributed by atoms with E-state index in [0.29, 0.717) is 0 Å². The first-order valence-corrected chi connectivity index (χ1v) is 16.5. The molecule has 228 valence electrons. The van der Waals surface area contributed by atoms with Gasteiger partial charge in [0.1, 0.15) is 11.2 Å². The molecule has 0 saturated carbocycles. The van der Waals surface area contributed by atoms with Gasteiger partial charge in [-0.3, -0.25) is 0 Å². The first-order chi connectivity index (χ1) is 22.8. The molecule has 0 atom stereocenters. The fraction of sp³-hybridized carbons (Fsp3) is 0.163. The van der Waals surface area contributed by atoms with Crippen LogP contribution in [-0.4, -0.2) is 18.3 Å². The fourth-order valence-corrected chi connectivity index (χ4v) is 7.35. The summed E-state index contributed by atoms with van der Waals surface area (Å²) in [7, 11) is -0.388. The Hall–Kier alpha value is -4.90. The molecule has 1 fully saturated rings. The highest BCUT2D eigenvalue weighted by molar-refractivity contribution is 6.62. The molecule has 0 radical (unpaired) electrons. The Balaban J connectivity index is 1.10. The van der Waals surface area contributed by atoms with Crippen LogP contribution in [0.3, 0.4) is 0 Å². The quantitative estimate of drug-likeness (QED) is 0.186. The van der Waals surface area contributed by atoms with E-state index in [1.54, 1.807) is 0 Å². The summed E-state index contributed by atoms with van der Waals surface area (Å²) in [6.07, 6.45) is 0.974. The van der Waals surface area contributed by atoms with Crippen LogP contribution >= 0.6 is 0 Å². The zero-order valence-electron chi connectivity index (χ0n) is 27.1. The van der Waals surface area contributed by atoms with E-state index in [9.17, 15) is 0 Å². The van der Waals surface area contributed by atoms with Gasteiger partial charge in [-0.25, -0.2) is 0 Å². The standard InChI is InChI=1S/C43H35BO3/c1-42(2)43(3,4)47-44(46-42)31-22-20-28(21-23-31)34-24-25-35(41-40(34)37-12-7-8-15-39(37)45-41)29-18-16-27(17-19-29)32-13-9-14-36-33-11-6-5-10-30(33)26-38(32)36/h5-25H,26H2,1-4H3. The maximum absolute atomic E-state index is 6.62. The Morgan fingerprint density at radius 2 is 1.09 bits per heavy atom. The van der Waals surface area contributed by atoms with Crippen molar-refractivity contribution in [1.82, 2.24) is 0 Å². The van der Waals surface area contributed by atoms with Crippen LogP contribution in [0.1, 0.15) is 38.8 Å². The maximum Gasteiger partial charge on any atom is 0.494 e. The molecule has 7 aromatic rings. The van der Waals surface area contributed by atoms with Crippen LogP contribution < -0.4 is 5.46 Å². The van der Waals surface area contributed by atoms with E-state index in [-0.39, 0.29) is 18.3 Å². The molecule has 1 saturated heterocycles. The van der Waals surface area contributed by atoms with Crippen molar-refractivity contribution < 1.29 is 13.7 Å². The average molecular weight is 611 g/mol. The lowest BCUT2D eigenvalue weighted by Gasteiger charge is -2.32. The molecule has 3 nitrogen and oxygen atoms in total. The van der Waals surface area contributed by atoms with Crippen LogP contribution in [0.4, 0.5) is 0 Å². The average Bonchev–Trinajstić information content (AvgIpc) is 3.73. The molecule has 0 unspecified atom stereocenters. The Labute approximate surface area is 275 Å². The molecule has 6 aromatic carbocycles. The van der Waals surface area contributed by atoms with Gasteiger partial charge in [-0.05, 0) is 102 Å². The minimum atomic E-state index is -0.388. The number of rotatable bonds is 4. The van der Waals surface area contributed by atoms with Crippen LogP contribution in [-0.2, 0) is 15.7 Å². The largest absolute Gasteiger partial charge is 0.494 e. The van der Waals surface area contributed by atoms with Gasteiger partial charge >= 0.3 is 7.12 Å². The minimum Gasteiger partial charge on any atom is -0.455 e. The van der Waals surface area contributed by atoms with Gasteiger partial charge in [0.25, 0.3) is 0 Å². The summed E-state index contributed by atoms with van der Waals surface area (Å²) in [5.41, 5.74) is 14.6. The van der Waals surface area contributed by atoms with E-state index in [1.807, 2.05) is 6.07 Å². The van der Waals surface area contributed by atoms with E-state index in [0.717, 1.165) is 56.1 Å². The molecule has 2 aliphatic rings. The summed E-state index contributed by atoms with van der Waals surface area (Å²) in [5, 5.41) is 2.25. The molecular formula is C43H35BO3. The second kappa shape index (κ2) is 10.3. The zero-order chi connectivity index (χ0) is 31.9. The van der Waals surface area contributed by atoms with Crippen LogP contribution in [0.2, 0.25) is 0 Å². The van der Waals surface area contributed by atoms with Gasteiger partial charge in [0.2, 0.25) is 0 Å². The lowest BCUT2D eigenvalue weighted by Crippen LogP contribution is -2.41. The SMILES string of the molecule is CC1(C)OB(c2ccc(-c3ccc(-c4ccc(-c5cccc6c5Cc5ccccc5-6)cc4)c4oc5ccccc5c34)cc2)OC1(C)C. The smallest absolute Gasteiger partial charge is 0.455 e. The molecule has 1 aliphatic heterocycles. The Bertz CT molecular complexity index is 2310. The topological polar surface area (TPSA) is 31.6 Å². The predicted octanol–water partition coefficient (Wildman–Crippen LogP) is 10.5. The lowest BCUT2D eigenvalue weighted by molar-refractivity contribution is 0.00578. The lowest BCUT2D eigenvalue weighted by atomic mass is 9.78. The van der Waals surface area contributed by atoms with Gasteiger partial charge in [-0.2, -0.15) is 0 Å². The van der Waals surface area contributed by atoms with Gasteiger partial charge in [-0.1, -0.05) is 115 Å². The monoisotopic (exact) mass is 610 g/mol. The Kier molecular flexibility index (Phi) is 6.21. The highest BCUT2D eigenvalue weighted by atomic mass is 16.7. The second-order valence-electron chi connectivity index (χ2n) is 13.9. The summed E-state index contributed by atoms with van der Waals surface area (Å²) < 4.78 is 19.2. The van der Waals surface area contributed by atoms with Crippen LogP contribution in [0.15, 0.2) is 132 Å². The van der Waals surface area contributed by atoms with E-state index in [4.69, 9.17) is 13.7 Å². The third kappa shape index (κ3) is 4.43. The second-order valence-corrected chi connectivity index (χ2v) is 13.9. The van der Waals surface area contributed by atoms with Crippen molar-refractivity contribution in [2.75, 3.05) is 0 Å². The maximum atomic E-state index is 6.62. The predicted molar refractivity (Wildman–Crippen MR) is 194 cm³/mol. The molecule has 0 amide bonds. The molecule has 0 spiro atoms. The van der Waals surface area contributed by atoms with Gasteiger partial charge in [0, 0.05) is 16.3 Å². The summed E-state index contributed by atoms with van der Waals surface area (Å²) >= 11 is 0. The molecule has 9 rings (SSSR count). The number of para-hydroxylation sites is 1. The van der Waals surface area contributed by atoms with Crippen molar-refractivity contribution in [3.8, 4) is 44.5 Å². The van der Waals surface area contributed by atoms with E-state index >= 15 is 0 Å². The molecule has 1 aliphatic carbocycles. The summed E-state index contributed by atoms with van der Waals surface area (Å²) in [4.78, 5) is 0. The van der Waals surface area contributed by atoms with Crippen molar-refractivity contribution >= 4 is 34.5 Å². The Morgan fingerprint density at radius 3 is 1.85 bits per heavy atom. The molecule has 0 N–H and O–H groups in total. The van der Waals surface area contributed by atoms with Gasteiger partial charge in [0.15, 0.2) is 0 Å². The minimum absolute atomic E-state index is 0.376. The number of furan rings is 1. The molecule has 4 heteroatoms. The van der Waals surface area contributed by atoms with Gasteiger partial charge in [0.05, 0.1) is 11.2 Å². The van der Waals surface area contributed by atoms with Crippen molar-refractivity contribution in [2.45, 2.75) is 45.3 Å². The number of benzene rings is 6. The third-order valence-electron chi connectivity index (χ3n) is 10.6. The first kappa shape index (κ1) is 28.3. The summed E-state index contributed by atoms with van der Waals surface area (Å²) in [6, 6.07) is 45.8. The number of fused-ring (bicyclic) bond motifs is 6. The highest BCUT2D eigenvalue weighted by Gasteiger charge is 2.51. The molecular weight excluding hydrogens is 575 g/mol. The van der Waals surface area contributed by atoms with Crippen molar-refractivity contribution in [3.63, 3.8) is 0 Å². The molecule has 47 heavy (non-hydrogen) atoms. The summed E-state index contributed by atoms with van der Waals surface area (Å²) in [5.74, 6) is 0. The van der Waals surface area contributed by atoms with Crippen molar-refractivity contribution in [3.05, 3.63) is 139 Å². The summed E-state index contributed by atoms with van der Waals surface area (Å²) in [6.45, 7) is 8.35. The van der Waals surface area contributed by atoms with E-state index < -0.39 is 0 Å². The molecule has 1 aromatic heterocycles.